The molecule has 0 fully saturated rings. The number of nitrogens with one attached hydrogen (secondary N) is 1. The molecule has 0 saturated heterocycles. The van der Waals surface area contributed by atoms with Gasteiger partial charge in [0.05, 0.1) is 17.2 Å². The first kappa shape index (κ1) is 34.3. The minimum atomic E-state index is -4.23. The molecule has 0 radical (unpaired) electrons. The van der Waals surface area contributed by atoms with Crippen molar-refractivity contribution in [2.24, 2.45) is 5.92 Å². The number of carbonyl (C=O) groups is 2. The number of hydrogen-bond acceptors (Lipinski definition) is 6. The summed E-state index contributed by atoms with van der Waals surface area (Å²) in [4.78, 5) is 30.0. The zero-order valence-corrected chi connectivity index (χ0v) is 27.6. The minimum absolute atomic E-state index is 0.0233. The zero-order valence-electron chi connectivity index (χ0n) is 25.2. The molecule has 1 N–H and O–H groups in total. The fraction of sp³-hybridized carbons (Fsp3) is 0.375. The number of hydrogen-bond donors (Lipinski definition) is 1. The van der Waals surface area contributed by atoms with Gasteiger partial charge in [0.1, 0.15) is 18.3 Å². The van der Waals surface area contributed by atoms with E-state index in [1.807, 2.05) is 27.0 Å². The van der Waals surface area contributed by atoms with Gasteiger partial charge in [-0.05, 0) is 73.5 Å². The van der Waals surface area contributed by atoms with Crippen LogP contribution in [0.1, 0.15) is 39.7 Å². The van der Waals surface area contributed by atoms with Gasteiger partial charge in [-0.3, -0.25) is 13.9 Å². The lowest BCUT2D eigenvalue weighted by atomic mass is 10.1. The molecule has 8 nitrogen and oxygen atoms in total. The van der Waals surface area contributed by atoms with Crippen LogP contribution < -0.4 is 14.4 Å². The highest BCUT2D eigenvalue weighted by atomic mass is 35.5. The quantitative estimate of drug-likeness (QED) is 0.197. The molecule has 0 aromatic heterocycles. The van der Waals surface area contributed by atoms with Gasteiger partial charge < -0.3 is 15.0 Å². The van der Waals surface area contributed by atoms with E-state index < -0.39 is 28.5 Å². The van der Waals surface area contributed by atoms with Crippen LogP contribution in [0.2, 0.25) is 5.02 Å². The summed E-state index contributed by atoms with van der Waals surface area (Å²) < 4.78 is 35.3. The Kier molecular flexibility index (Phi) is 12.8. The van der Waals surface area contributed by atoms with Gasteiger partial charge in [-0.2, -0.15) is 0 Å². The van der Waals surface area contributed by atoms with E-state index in [4.69, 9.17) is 16.3 Å². The van der Waals surface area contributed by atoms with Gasteiger partial charge in [-0.15, -0.1) is 11.8 Å². The average molecular weight is 646 g/mol. The minimum Gasteiger partial charge on any atom is -0.492 e. The molecule has 0 saturated carbocycles. The Labute approximate surface area is 264 Å². The standard InChI is InChI=1S/C32H40ClN3O5S2/c1-6-28(32(38)34-20-23(3)4)35(21-24-12-8-9-13-27(24)33)31(37)22-36(29-14-10-11-15-30(29)41-7-2)43(39,40)26-18-16-25(42-5)17-19-26/h8-19,23,28H,6-7,20-22H2,1-5H3,(H,34,38)/t28-/m1/s1. The number of carbonyl (C=O) groups excluding carboxylic acids is 2. The summed E-state index contributed by atoms with van der Waals surface area (Å²) in [6, 6.07) is 19.4. The first-order valence-corrected chi connectivity index (χ1v) is 17.3. The lowest BCUT2D eigenvalue weighted by molar-refractivity contribution is -0.140. The van der Waals surface area contributed by atoms with Gasteiger partial charge in [0, 0.05) is 23.0 Å². The normalized spacial score (nSPS) is 12.1. The molecule has 0 aliphatic heterocycles. The molecule has 0 heterocycles. The topological polar surface area (TPSA) is 96.0 Å². The highest BCUT2D eigenvalue weighted by Crippen LogP contribution is 2.33. The van der Waals surface area contributed by atoms with Crippen LogP contribution in [0.15, 0.2) is 82.6 Å². The lowest BCUT2D eigenvalue weighted by Crippen LogP contribution is -2.52. The second kappa shape index (κ2) is 16.0. The monoisotopic (exact) mass is 645 g/mol. The van der Waals surface area contributed by atoms with E-state index >= 15 is 0 Å². The van der Waals surface area contributed by atoms with Crippen LogP contribution in [-0.2, 0) is 26.2 Å². The molecule has 43 heavy (non-hydrogen) atoms. The van der Waals surface area contributed by atoms with Crippen molar-refractivity contribution < 1.29 is 22.7 Å². The van der Waals surface area contributed by atoms with Crippen LogP contribution in [0.5, 0.6) is 5.75 Å². The van der Waals surface area contributed by atoms with Gasteiger partial charge >= 0.3 is 0 Å². The number of amides is 2. The van der Waals surface area contributed by atoms with Crippen LogP contribution in [0.25, 0.3) is 0 Å². The molecular formula is C32H40ClN3O5S2. The second-order valence-electron chi connectivity index (χ2n) is 10.3. The summed E-state index contributed by atoms with van der Waals surface area (Å²) in [6.07, 6.45) is 2.22. The van der Waals surface area contributed by atoms with E-state index in [9.17, 15) is 18.0 Å². The fourth-order valence-electron chi connectivity index (χ4n) is 4.48. The third-order valence-electron chi connectivity index (χ3n) is 6.73. The average Bonchev–Trinajstić information content (AvgIpc) is 3.00. The van der Waals surface area contributed by atoms with Crippen molar-refractivity contribution in [2.75, 3.05) is 30.3 Å². The van der Waals surface area contributed by atoms with Crippen molar-refractivity contribution in [1.82, 2.24) is 10.2 Å². The Bertz CT molecular complexity index is 1480. The van der Waals surface area contributed by atoms with E-state index in [0.717, 1.165) is 9.20 Å². The van der Waals surface area contributed by atoms with E-state index in [0.29, 0.717) is 35.9 Å². The summed E-state index contributed by atoms with van der Waals surface area (Å²) in [5.74, 6) is -0.334. The van der Waals surface area contributed by atoms with Crippen molar-refractivity contribution in [3.05, 3.63) is 83.4 Å². The highest BCUT2D eigenvalue weighted by molar-refractivity contribution is 7.98. The largest absolute Gasteiger partial charge is 0.492 e. The van der Waals surface area contributed by atoms with Crippen molar-refractivity contribution >= 4 is 50.9 Å². The van der Waals surface area contributed by atoms with Gasteiger partial charge in [-0.1, -0.05) is 62.7 Å². The van der Waals surface area contributed by atoms with Crippen molar-refractivity contribution in [3.8, 4) is 5.75 Å². The first-order chi connectivity index (χ1) is 20.5. The predicted molar refractivity (Wildman–Crippen MR) is 174 cm³/mol. The van der Waals surface area contributed by atoms with Gasteiger partial charge in [0.25, 0.3) is 10.0 Å². The number of anilines is 1. The van der Waals surface area contributed by atoms with Crippen molar-refractivity contribution in [2.45, 2.75) is 56.5 Å². The van der Waals surface area contributed by atoms with Crippen LogP contribution >= 0.6 is 23.4 Å². The summed E-state index contributed by atoms with van der Waals surface area (Å²) in [5, 5.41) is 3.37. The van der Waals surface area contributed by atoms with E-state index in [2.05, 4.69) is 5.32 Å². The molecule has 3 rings (SSSR count). The number of halogens is 1. The smallest absolute Gasteiger partial charge is 0.264 e. The zero-order chi connectivity index (χ0) is 31.6. The number of benzene rings is 3. The highest BCUT2D eigenvalue weighted by Gasteiger charge is 2.35. The van der Waals surface area contributed by atoms with Gasteiger partial charge in [-0.25, -0.2) is 8.42 Å². The third kappa shape index (κ3) is 8.90. The van der Waals surface area contributed by atoms with E-state index in [-0.39, 0.29) is 29.0 Å². The molecule has 2 amide bonds. The number of ether oxygens (including phenoxy) is 1. The van der Waals surface area contributed by atoms with E-state index in [1.54, 1.807) is 67.6 Å². The fourth-order valence-corrected chi connectivity index (χ4v) is 6.51. The molecule has 232 valence electrons. The number of rotatable bonds is 15. The maximum absolute atomic E-state index is 14.3. The Morgan fingerprint density at radius 3 is 2.23 bits per heavy atom. The molecule has 11 heteroatoms. The summed E-state index contributed by atoms with van der Waals surface area (Å²) in [5.41, 5.74) is 0.867. The maximum atomic E-state index is 14.3. The molecule has 3 aromatic carbocycles. The summed E-state index contributed by atoms with van der Waals surface area (Å²) >= 11 is 7.97. The molecule has 0 bridgehead atoms. The molecule has 0 unspecified atom stereocenters. The number of sulfonamides is 1. The van der Waals surface area contributed by atoms with Crippen molar-refractivity contribution in [1.29, 1.82) is 0 Å². The SMILES string of the molecule is CCOc1ccccc1N(CC(=O)N(Cc1ccccc1Cl)[C@H](CC)C(=O)NCC(C)C)S(=O)(=O)c1ccc(SC)cc1. The number of nitrogens with zero attached hydrogens (tertiary/aromatic N) is 2. The summed E-state index contributed by atoms with van der Waals surface area (Å²) in [7, 11) is -4.23. The van der Waals surface area contributed by atoms with Gasteiger partial charge in [0.15, 0.2) is 0 Å². The Morgan fingerprint density at radius 1 is 0.977 bits per heavy atom. The van der Waals surface area contributed by atoms with Gasteiger partial charge in [0.2, 0.25) is 11.8 Å². The van der Waals surface area contributed by atoms with Crippen LogP contribution in [0.3, 0.4) is 0 Å². The molecule has 0 aliphatic carbocycles. The van der Waals surface area contributed by atoms with Crippen LogP contribution in [-0.4, -0.2) is 57.1 Å². The molecule has 0 spiro atoms. The molecule has 3 aromatic rings. The molecular weight excluding hydrogens is 606 g/mol. The van der Waals surface area contributed by atoms with Crippen LogP contribution in [0.4, 0.5) is 5.69 Å². The molecule has 0 aliphatic rings. The van der Waals surface area contributed by atoms with E-state index in [1.165, 1.54) is 28.8 Å². The Hall–Kier alpha value is -3.21. The second-order valence-corrected chi connectivity index (χ2v) is 13.4. The van der Waals surface area contributed by atoms with Crippen LogP contribution in [0, 0.1) is 5.92 Å². The van der Waals surface area contributed by atoms with Crippen molar-refractivity contribution in [3.63, 3.8) is 0 Å². The molecule has 1 atom stereocenters. The number of thioether (sulfide) groups is 1. The first-order valence-electron chi connectivity index (χ1n) is 14.2. The lowest BCUT2D eigenvalue weighted by Gasteiger charge is -2.33. The Morgan fingerprint density at radius 2 is 1.63 bits per heavy atom. The Balaban J connectivity index is 2.11. The third-order valence-corrected chi connectivity index (χ3v) is 9.62. The summed E-state index contributed by atoms with van der Waals surface area (Å²) in [6.45, 7) is 7.79. The predicted octanol–water partition coefficient (Wildman–Crippen LogP) is 6.24. The maximum Gasteiger partial charge on any atom is 0.264 e. The number of para-hydroxylation sites is 2.